The Morgan fingerprint density at radius 1 is 1.12 bits per heavy atom. The van der Waals surface area contributed by atoms with E-state index in [4.69, 9.17) is 16.3 Å². The number of carbonyl (C=O) groups is 3. The first-order valence-electron chi connectivity index (χ1n) is 10.3. The van der Waals surface area contributed by atoms with Crippen LogP contribution in [0.1, 0.15) is 34.6 Å². The topological polar surface area (TPSA) is 122 Å². The number of piperazine rings is 1. The number of amides is 2. The molecular weight excluding hydrogens is 452 g/mol. The average Bonchev–Trinajstić information content (AvgIpc) is 2.79. The fraction of sp³-hybridized carbons (Fsp3) is 0.318. The molecule has 0 aliphatic carbocycles. The van der Waals surface area contributed by atoms with E-state index >= 15 is 0 Å². The molecule has 3 rings (SSSR count). The number of hydrogen-bond acceptors (Lipinski definition) is 7. The van der Waals surface area contributed by atoms with Crippen LogP contribution in [0.15, 0.2) is 36.4 Å². The maximum Gasteiger partial charge on any atom is 0.338 e. The van der Waals surface area contributed by atoms with Gasteiger partial charge in [-0.1, -0.05) is 11.6 Å². The number of anilines is 2. The van der Waals surface area contributed by atoms with E-state index in [1.807, 2.05) is 4.90 Å². The Balaban J connectivity index is 1.94. The number of halogens is 1. The van der Waals surface area contributed by atoms with Crippen LogP contribution in [0.5, 0.6) is 0 Å². The minimum Gasteiger partial charge on any atom is -0.462 e. The molecule has 0 bridgehead atoms. The number of ether oxygens (including phenoxy) is 1. The Kier molecular flexibility index (Phi) is 7.49. The van der Waals surface area contributed by atoms with Gasteiger partial charge in [-0.15, -0.1) is 0 Å². The number of nitrogens with zero attached hydrogens (tertiary/aromatic N) is 3. The van der Waals surface area contributed by atoms with Gasteiger partial charge in [-0.3, -0.25) is 19.7 Å². The number of nitro groups is 1. The molecule has 2 aromatic rings. The van der Waals surface area contributed by atoms with Gasteiger partial charge in [-0.25, -0.2) is 4.79 Å². The van der Waals surface area contributed by atoms with Gasteiger partial charge in [0.2, 0.25) is 5.91 Å². The lowest BCUT2D eigenvalue weighted by atomic mass is 10.1. The normalized spacial score (nSPS) is 13.4. The van der Waals surface area contributed by atoms with Crippen LogP contribution in [0.2, 0.25) is 5.02 Å². The van der Waals surface area contributed by atoms with Crippen molar-refractivity contribution in [3.8, 4) is 0 Å². The molecule has 0 unspecified atom stereocenters. The van der Waals surface area contributed by atoms with Crippen LogP contribution in [-0.4, -0.2) is 60.4 Å². The predicted octanol–water partition coefficient (Wildman–Crippen LogP) is 3.35. The number of nitro benzene ring substituents is 1. The number of esters is 1. The lowest BCUT2D eigenvalue weighted by molar-refractivity contribution is -0.384. The molecule has 0 spiro atoms. The van der Waals surface area contributed by atoms with E-state index in [9.17, 15) is 24.5 Å². The summed E-state index contributed by atoms with van der Waals surface area (Å²) in [4.78, 5) is 51.1. The Labute approximate surface area is 195 Å². The van der Waals surface area contributed by atoms with Crippen LogP contribution < -0.4 is 10.2 Å². The Hall–Kier alpha value is -3.66. The Morgan fingerprint density at radius 3 is 2.42 bits per heavy atom. The van der Waals surface area contributed by atoms with Crippen LogP contribution in [0.4, 0.5) is 17.1 Å². The summed E-state index contributed by atoms with van der Waals surface area (Å²) in [6.45, 7) is 5.47. The quantitative estimate of drug-likeness (QED) is 0.387. The van der Waals surface area contributed by atoms with Crippen LogP contribution in [-0.2, 0) is 9.53 Å². The third-order valence-corrected chi connectivity index (χ3v) is 5.56. The van der Waals surface area contributed by atoms with Crippen LogP contribution in [0.3, 0.4) is 0 Å². The third-order valence-electron chi connectivity index (χ3n) is 5.23. The van der Waals surface area contributed by atoms with Crippen molar-refractivity contribution in [1.82, 2.24) is 4.90 Å². The van der Waals surface area contributed by atoms with Crippen molar-refractivity contribution < 1.29 is 24.0 Å². The zero-order valence-corrected chi connectivity index (χ0v) is 18.9. The highest BCUT2D eigenvalue weighted by Gasteiger charge is 2.24. The highest BCUT2D eigenvalue weighted by atomic mass is 35.5. The smallest absolute Gasteiger partial charge is 0.338 e. The molecule has 1 aliphatic rings. The molecule has 1 aliphatic heterocycles. The lowest BCUT2D eigenvalue weighted by Crippen LogP contribution is -2.48. The molecule has 10 nitrogen and oxygen atoms in total. The minimum atomic E-state index is -0.659. The number of benzene rings is 2. The van der Waals surface area contributed by atoms with Gasteiger partial charge in [0, 0.05) is 45.2 Å². The van der Waals surface area contributed by atoms with Gasteiger partial charge in [0.05, 0.1) is 39.1 Å². The molecule has 1 N–H and O–H groups in total. The Morgan fingerprint density at radius 2 is 1.82 bits per heavy atom. The summed E-state index contributed by atoms with van der Waals surface area (Å²) < 4.78 is 5.05. The van der Waals surface area contributed by atoms with Gasteiger partial charge < -0.3 is 19.9 Å². The van der Waals surface area contributed by atoms with E-state index in [1.54, 1.807) is 24.0 Å². The molecule has 1 fully saturated rings. The first-order chi connectivity index (χ1) is 15.7. The van der Waals surface area contributed by atoms with E-state index in [-0.39, 0.29) is 34.4 Å². The van der Waals surface area contributed by atoms with Crippen molar-refractivity contribution in [2.24, 2.45) is 0 Å². The zero-order valence-electron chi connectivity index (χ0n) is 18.2. The first-order valence-corrected chi connectivity index (χ1v) is 10.7. The van der Waals surface area contributed by atoms with Crippen LogP contribution >= 0.6 is 11.6 Å². The molecule has 0 atom stereocenters. The SMILES string of the molecule is CCOC(=O)c1ccc(N2CCN(C(C)=O)CC2)c(NC(=O)c2cc([N+](=O)[O-])ccc2Cl)c1. The molecule has 0 aromatic heterocycles. The summed E-state index contributed by atoms with van der Waals surface area (Å²) >= 11 is 6.11. The van der Waals surface area contributed by atoms with Gasteiger partial charge in [0.25, 0.3) is 11.6 Å². The molecule has 11 heteroatoms. The van der Waals surface area contributed by atoms with Gasteiger partial charge in [-0.05, 0) is 31.2 Å². The van der Waals surface area contributed by atoms with Crippen molar-refractivity contribution in [3.05, 3.63) is 62.7 Å². The lowest BCUT2D eigenvalue weighted by Gasteiger charge is -2.36. The number of carbonyl (C=O) groups excluding carboxylic acids is 3. The van der Waals surface area contributed by atoms with Crippen molar-refractivity contribution in [3.63, 3.8) is 0 Å². The van der Waals surface area contributed by atoms with Gasteiger partial charge in [0.1, 0.15) is 0 Å². The van der Waals surface area contributed by atoms with E-state index in [2.05, 4.69) is 5.32 Å². The second-order valence-corrected chi connectivity index (χ2v) is 7.73. The zero-order chi connectivity index (χ0) is 24.1. The van der Waals surface area contributed by atoms with Gasteiger partial charge >= 0.3 is 5.97 Å². The maximum atomic E-state index is 13.0. The fourth-order valence-electron chi connectivity index (χ4n) is 3.51. The molecule has 1 saturated heterocycles. The molecule has 1 heterocycles. The van der Waals surface area contributed by atoms with Crippen molar-refractivity contribution in [1.29, 1.82) is 0 Å². The monoisotopic (exact) mass is 474 g/mol. The number of rotatable bonds is 6. The Bertz CT molecular complexity index is 1100. The largest absolute Gasteiger partial charge is 0.462 e. The van der Waals surface area contributed by atoms with Crippen LogP contribution in [0, 0.1) is 10.1 Å². The highest BCUT2D eigenvalue weighted by molar-refractivity contribution is 6.34. The van der Waals surface area contributed by atoms with E-state index in [1.165, 1.54) is 25.1 Å². The molecule has 2 amide bonds. The number of nitrogens with one attached hydrogen (secondary N) is 1. The minimum absolute atomic E-state index is 0.0128. The second kappa shape index (κ2) is 10.3. The highest BCUT2D eigenvalue weighted by Crippen LogP contribution is 2.30. The van der Waals surface area contributed by atoms with Crippen LogP contribution in [0.25, 0.3) is 0 Å². The number of hydrogen-bond donors (Lipinski definition) is 1. The van der Waals surface area contributed by atoms with Gasteiger partial charge in [-0.2, -0.15) is 0 Å². The summed E-state index contributed by atoms with van der Waals surface area (Å²) in [5, 5.41) is 13.9. The molecule has 33 heavy (non-hydrogen) atoms. The van der Waals surface area contributed by atoms with Gasteiger partial charge in [0.15, 0.2) is 0 Å². The van der Waals surface area contributed by atoms with Crippen molar-refractivity contribution >= 4 is 46.4 Å². The summed E-state index contributed by atoms with van der Waals surface area (Å²) in [6.07, 6.45) is 0. The molecule has 0 saturated carbocycles. The van der Waals surface area contributed by atoms with E-state index in [0.29, 0.717) is 37.6 Å². The average molecular weight is 475 g/mol. The third kappa shape index (κ3) is 5.58. The predicted molar refractivity (Wildman–Crippen MR) is 123 cm³/mol. The molecule has 2 aromatic carbocycles. The summed E-state index contributed by atoms with van der Waals surface area (Å²) in [7, 11) is 0. The van der Waals surface area contributed by atoms with Crippen molar-refractivity contribution in [2.45, 2.75) is 13.8 Å². The molecule has 174 valence electrons. The summed E-state index contributed by atoms with van der Waals surface area (Å²) in [5.41, 5.74) is 0.860. The standard InChI is InChI=1S/C22H23ClN4O6/c1-3-33-22(30)15-4-7-20(26-10-8-25(9-11-26)14(2)28)19(12-15)24-21(29)17-13-16(27(31)32)5-6-18(17)23/h4-7,12-13H,3,8-11H2,1-2H3,(H,24,29). The molecule has 0 radical (unpaired) electrons. The van der Waals surface area contributed by atoms with E-state index in [0.717, 1.165) is 6.07 Å². The number of non-ortho nitro benzene ring substituents is 1. The first kappa shape index (κ1) is 24.0. The van der Waals surface area contributed by atoms with E-state index < -0.39 is 16.8 Å². The fourth-order valence-corrected chi connectivity index (χ4v) is 3.71. The second-order valence-electron chi connectivity index (χ2n) is 7.32. The summed E-state index contributed by atoms with van der Waals surface area (Å²) in [6, 6.07) is 8.37. The summed E-state index contributed by atoms with van der Waals surface area (Å²) in [5.74, 6) is -1.22. The molecular formula is C22H23ClN4O6. The van der Waals surface area contributed by atoms with Crippen molar-refractivity contribution in [2.75, 3.05) is 43.0 Å². The maximum absolute atomic E-state index is 13.0.